The van der Waals surface area contributed by atoms with E-state index in [0.29, 0.717) is 0 Å². The minimum atomic E-state index is -4.61. The van der Waals surface area contributed by atoms with Gasteiger partial charge in [0.1, 0.15) is 30.4 Å². The van der Waals surface area contributed by atoms with E-state index in [1.54, 1.807) is 0 Å². The van der Waals surface area contributed by atoms with Gasteiger partial charge in [0.2, 0.25) is 0 Å². The molecule has 0 aromatic heterocycles. The Labute approximate surface area is 235 Å². The second kappa shape index (κ2) is 14.5. The zero-order valence-corrected chi connectivity index (χ0v) is 22.5. The minimum Gasteiger partial charge on any atom is -0.744 e. The average molecular weight is 662 g/mol. The molecule has 0 fully saturated rings. The molecule has 3 aromatic carbocycles. The summed E-state index contributed by atoms with van der Waals surface area (Å²) in [6.45, 7) is 0. The van der Waals surface area contributed by atoms with Gasteiger partial charge in [0, 0.05) is 36.4 Å². The van der Waals surface area contributed by atoms with E-state index in [0.717, 1.165) is 72.8 Å². The maximum atomic E-state index is 10.4. The molecule has 0 amide bonds. The van der Waals surface area contributed by atoms with Crippen molar-refractivity contribution in [1.82, 2.24) is 0 Å². The first kappa shape index (κ1) is 36.1. The molecule has 22 heteroatoms. The summed E-state index contributed by atoms with van der Waals surface area (Å²) < 4.78 is 93.9. The van der Waals surface area contributed by atoms with Gasteiger partial charge in [-0.15, -0.1) is 0 Å². The Morgan fingerprint density at radius 3 is 0.800 bits per heavy atom. The Hall–Kier alpha value is -3.89. The third kappa shape index (κ3) is 11.9. The molecule has 0 aliphatic carbocycles. The molecule has 40 heavy (non-hydrogen) atoms. The van der Waals surface area contributed by atoms with Crippen LogP contribution in [-0.4, -0.2) is 53.7 Å². The van der Waals surface area contributed by atoms with Crippen LogP contribution in [0.5, 0.6) is 0 Å². The van der Waals surface area contributed by atoms with Gasteiger partial charge in [-0.25, -0.2) is 25.3 Å². The molecule has 18 nitrogen and oxygen atoms in total. The summed E-state index contributed by atoms with van der Waals surface area (Å²) in [4.78, 5) is 26.5. The molecule has 0 aliphatic rings. The Kier molecular flexibility index (Phi) is 13.1. The van der Waals surface area contributed by atoms with Crippen molar-refractivity contribution in [3.8, 4) is 0 Å². The molecule has 0 unspecified atom stereocenters. The van der Waals surface area contributed by atoms with Gasteiger partial charge in [-0.05, 0) is 18.2 Å². The quantitative estimate of drug-likeness (QED) is 0.156. The van der Waals surface area contributed by atoms with E-state index in [1.807, 2.05) is 0 Å². The molecule has 3 aromatic rings. The third-order valence-corrected chi connectivity index (χ3v) is 6.45. The van der Waals surface area contributed by atoms with Crippen molar-refractivity contribution in [3.05, 3.63) is 103 Å². The molecule has 0 bridgehead atoms. The molecule has 0 saturated heterocycles. The van der Waals surface area contributed by atoms with Crippen molar-refractivity contribution < 1.29 is 70.8 Å². The summed E-state index contributed by atoms with van der Waals surface area (Å²) in [6, 6.07) is 11.9. The predicted octanol–water partition coefficient (Wildman–Crippen LogP) is 1.49. The van der Waals surface area contributed by atoms with Crippen LogP contribution in [0.4, 0.5) is 17.1 Å². The molecule has 0 aliphatic heterocycles. The molecule has 0 atom stereocenters. The molecule has 0 N–H and O–H groups in total. The topological polar surface area (TPSA) is 301 Å². The number of hydrogen-bond acceptors (Lipinski definition) is 15. The Morgan fingerprint density at radius 1 is 0.450 bits per heavy atom. The fourth-order valence-corrected chi connectivity index (χ4v) is 3.79. The average Bonchev–Trinajstić information content (AvgIpc) is 2.83. The van der Waals surface area contributed by atoms with E-state index < -0.39 is 76.9 Å². The summed E-state index contributed by atoms with van der Waals surface area (Å²) in [6.07, 6.45) is 0. The number of nitrogens with zero attached hydrogens (tertiary/aromatic N) is 3. The van der Waals surface area contributed by atoms with E-state index >= 15 is 0 Å². The number of nitro benzene ring substituents is 3. The standard InChI is InChI=1S/3C6H5NO5S.Fe/c3*8-7(9)5-2-1-3-6(4-5)13(10,11)12;/h3*1-4H,(H,10,11,12);/q;;;+3/p-3. The molecule has 0 spiro atoms. The van der Waals surface area contributed by atoms with Crippen LogP contribution in [0.25, 0.3) is 0 Å². The summed E-state index contributed by atoms with van der Waals surface area (Å²) in [5, 5.41) is 30.6. The van der Waals surface area contributed by atoms with Crippen LogP contribution in [0.2, 0.25) is 0 Å². The zero-order valence-electron chi connectivity index (χ0n) is 19.0. The van der Waals surface area contributed by atoms with Crippen LogP contribution in [0.3, 0.4) is 0 Å². The monoisotopic (exact) mass is 662 g/mol. The maximum absolute atomic E-state index is 10.4. The van der Waals surface area contributed by atoms with Crippen LogP contribution in [0.15, 0.2) is 87.5 Å². The number of benzene rings is 3. The summed E-state index contributed by atoms with van der Waals surface area (Å²) in [5.74, 6) is 0. The van der Waals surface area contributed by atoms with Crippen LogP contribution >= 0.6 is 0 Å². The van der Waals surface area contributed by atoms with Crippen LogP contribution < -0.4 is 0 Å². The van der Waals surface area contributed by atoms with Gasteiger partial charge in [0.05, 0.1) is 29.5 Å². The first-order chi connectivity index (χ1) is 17.7. The zero-order chi connectivity index (χ0) is 30.2. The number of non-ortho nitro benzene ring substituents is 3. The second-order valence-corrected chi connectivity index (χ2v) is 10.8. The fourth-order valence-electron chi connectivity index (χ4n) is 2.26. The van der Waals surface area contributed by atoms with Gasteiger partial charge >= 0.3 is 17.1 Å². The van der Waals surface area contributed by atoms with Crippen molar-refractivity contribution in [3.63, 3.8) is 0 Å². The van der Waals surface area contributed by atoms with E-state index in [-0.39, 0.29) is 17.1 Å². The van der Waals surface area contributed by atoms with Crippen molar-refractivity contribution in [2.75, 3.05) is 0 Å². The summed E-state index contributed by atoms with van der Waals surface area (Å²) in [7, 11) is -13.8. The SMILES string of the molecule is O=[N+]([O-])c1cccc(S(=O)(=O)[O-])c1.O=[N+]([O-])c1cccc(S(=O)(=O)[O-])c1.O=[N+]([O-])c1cccc(S(=O)(=O)[O-])c1.[Fe+3]. The predicted molar refractivity (Wildman–Crippen MR) is 123 cm³/mol. The number of rotatable bonds is 6. The Balaban J connectivity index is 0.000000563. The first-order valence-corrected chi connectivity index (χ1v) is 13.6. The normalized spacial score (nSPS) is 10.9. The fraction of sp³-hybridized carbons (Fsp3) is 0. The van der Waals surface area contributed by atoms with Crippen molar-refractivity contribution in [2.45, 2.75) is 14.7 Å². The van der Waals surface area contributed by atoms with Crippen LogP contribution in [-0.2, 0) is 47.4 Å². The molecule has 0 saturated carbocycles. The maximum Gasteiger partial charge on any atom is 3.00 e. The molecule has 1 radical (unpaired) electrons. The smallest absolute Gasteiger partial charge is 0.744 e. The second-order valence-electron chi connectivity index (χ2n) is 6.63. The van der Waals surface area contributed by atoms with Crippen molar-refractivity contribution in [1.29, 1.82) is 0 Å². The minimum absolute atomic E-state index is 0. The van der Waals surface area contributed by atoms with E-state index in [4.69, 9.17) is 0 Å². The molecule has 215 valence electrons. The van der Waals surface area contributed by atoms with Gasteiger partial charge in [-0.3, -0.25) is 30.3 Å². The first-order valence-electron chi connectivity index (χ1n) is 9.34. The Bertz CT molecular complexity index is 1520. The number of nitro groups is 3. The summed E-state index contributed by atoms with van der Waals surface area (Å²) in [5.41, 5.74) is -1.26. The van der Waals surface area contributed by atoms with Gasteiger partial charge in [0.25, 0.3) is 17.1 Å². The van der Waals surface area contributed by atoms with E-state index in [1.165, 1.54) is 0 Å². The van der Waals surface area contributed by atoms with Gasteiger partial charge in [-0.1, -0.05) is 18.2 Å². The van der Waals surface area contributed by atoms with E-state index in [9.17, 15) is 69.3 Å². The summed E-state index contributed by atoms with van der Waals surface area (Å²) >= 11 is 0. The molecule has 0 heterocycles. The van der Waals surface area contributed by atoms with Crippen molar-refractivity contribution >= 4 is 47.4 Å². The van der Waals surface area contributed by atoms with Gasteiger partial charge in [-0.2, -0.15) is 0 Å². The van der Waals surface area contributed by atoms with Gasteiger partial charge in [0.15, 0.2) is 0 Å². The van der Waals surface area contributed by atoms with Crippen LogP contribution in [0, 0.1) is 30.3 Å². The van der Waals surface area contributed by atoms with Gasteiger partial charge < -0.3 is 13.7 Å². The molecular formula is C18H12FeN3O15S3. The Morgan fingerprint density at radius 2 is 0.650 bits per heavy atom. The molecular weight excluding hydrogens is 650 g/mol. The third-order valence-electron chi connectivity index (χ3n) is 3.95. The van der Waals surface area contributed by atoms with Crippen molar-refractivity contribution in [2.24, 2.45) is 0 Å². The molecule has 3 rings (SSSR count). The van der Waals surface area contributed by atoms with E-state index in [2.05, 4.69) is 0 Å². The number of hydrogen-bond donors (Lipinski definition) is 0. The van der Waals surface area contributed by atoms with Crippen LogP contribution in [0.1, 0.15) is 0 Å². The largest absolute Gasteiger partial charge is 3.00 e.